The molecule has 1 saturated heterocycles. The SMILES string of the molecule is COc1ccccc1NC(=O)CN1CCN(c2ccccc2OC)C1=O. The quantitative estimate of drug-likeness (QED) is 0.865. The molecular weight excluding hydrogens is 334 g/mol. The Labute approximate surface area is 152 Å². The van der Waals surface area contributed by atoms with Crippen LogP contribution in [-0.4, -0.2) is 50.7 Å². The van der Waals surface area contributed by atoms with E-state index in [0.29, 0.717) is 36.0 Å². The first-order valence-electron chi connectivity index (χ1n) is 8.26. The highest BCUT2D eigenvalue weighted by Gasteiger charge is 2.32. The van der Waals surface area contributed by atoms with Crippen molar-refractivity contribution < 1.29 is 19.1 Å². The molecular formula is C19H21N3O4. The van der Waals surface area contributed by atoms with E-state index >= 15 is 0 Å². The molecule has 26 heavy (non-hydrogen) atoms. The van der Waals surface area contributed by atoms with Crippen molar-refractivity contribution in [2.24, 2.45) is 0 Å². The Balaban J connectivity index is 1.66. The maximum absolute atomic E-state index is 12.7. The van der Waals surface area contributed by atoms with Crippen LogP contribution in [0.4, 0.5) is 16.2 Å². The van der Waals surface area contributed by atoms with Crippen molar-refractivity contribution in [2.45, 2.75) is 0 Å². The molecule has 136 valence electrons. The number of benzene rings is 2. The van der Waals surface area contributed by atoms with E-state index in [9.17, 15) is 9.59 Å². The Morgan fingerprint density at radius 2 is 1.65 bits per heavy atom. The molecule has 0 aliphatic carbocycles. The van der Waals surface area contributed by atoms with Crippen molar-refractivity contribution in [3.8, 4) is 11.5 Å². The molecule has 7 nitrogen and oxygen atoms in total. The van der Waals surface area contributed by atoms with Gasteiger partial charge in [0.2, 0.25) is 5.91 Å². The van der Waals surface area contributed by atoms with Gasteiger partial charge in [0.1, 0.15) is 18.0 Å². The number of anilines is 2. The van der Waals surface area contributed by atoms with Crippen molar-refractivity contribution in [1.82, 2.24) is 4.90 Å². The van der Waals surface area contributed by atoms with Crippen molar-refractivity contribution in [3.05, 3.63) is 48.5 Å². The molecule has 2 aromatic rings. The second-order valence-electron chi connectivity index (χ2n) is 5.78. The van der Waals surface area contributed by atoms with Crippen LogP contribution in [0.25, 0.3) is 0 Å². The van der Waals surface area contributed by atoms with Crippen LogP contribution in [0.3, 0.4) is 0 Å². The molecule has 0 unspecified atom stereocenters. The molecule has 3 amide bonds. The highest BCUT2D eigenvalue weighted by atomic mass is 16.5. The number of ether oxygens (including phenoxy) is 2. The Kier molecular flexibility index (Phi) is 5.26. The Hall–Kier alpha value is -3.22. The standard InChI is InChI=1S/C19H21N3O4/c1-25-16-9-5-3-7-14(16)20-18(23)13-21-11-12-22(19(21)24)15-8-4-6-10-17(15)26-2/h3-10H,11-13H2,1-2H3,(H,20,23). The zero-order valence-corrected chi connectivity index (χ0v) is 14.8. The first-order valence-corrected chi connectivity index (χ1v) is 8.26. The van der Waals surface area contributed by atoms with E-state index in [-0.39, 0.29) is 18.5 Å². The maximum atomic E-state index is 12.7. The summed E-state index contributed by atoms with van der Waals surface area (Å²) in [5.41, 5.74) is 1.28. The molecule has 1 aliphatic heterocycles. The van der Waals surface area contributed by atoms with Gasteiger partial charge in [-0.15, -0.1) is 0 Å². The summed E-state index contributed by atoms with van der Waals surface area (Å²) in [5, 5.41) is 2.79. The fourth-order valence-corrected chi connectivity index (χ4v) is 2.92. The third kappa shape index (κ3) is 3.56. The lowest BCUT2D eigenvalue weighted by molar-refractivity contribution is -0.116. The van der Waals surface area contributed by atoms with E-state index in [0.717, 1.165) is 0 Å². The fraction of sp³-hybridized carbons (Fsp3) is 0.263. The van der Waals surface area contributed by atoms with E-state index < -0.39 is 0 Å². The van der Waals surface area contributed by atoms with Gasteiger partial charge in [-0.1, -0.05) is 24.3 Å². The van der Waals surface area contributed by atoms with Gasteiger partial charge >= 0.3 is 6.03 Å². The summed E-state index contributed by atoms with van der Waals surface area (Å²) in [5.74, 6) is 0.926. The minimum Gasteiger partial charge on any atom is -0.495 e. The number of hydrogen-bond acceptors (Lipinski definition) is 4. The van der Waals surface area contributed by atoms with E-state index in [1.165, 1.54) is 4.90 Å². The summed E-state index contributed by atoms with van der Waals surface area (Å²) >= 11 is 0. The topological polar surface area (TPSA) is 71.1 Å². The normalized spacial score (nSPS) is 13.7. The lowest BCUT2D eigenvalue weighted by Gasteiger charge is -2.20. The highest BCUT2D eigenvalue weighted by molar-refractivity contribution is 6.00. The third-order valence-electron chi connectivity index (χ3n) is 4.19. The number of urea groups is 1. The number of para-hydroxylation sites is 4. The molecule has 2 aromatic carbocycles. The van der Waals surface area contributed by atoms with Gasteiger partial charge in [0.25, 0.3) is 0 Å². The molecule has 1 fully saturated rings. The minimum absolute atomic E-state index is 0.0253. The lowest BCUT2D eigenvalue weighted by atomic mass is 10.2. The summed E-state index contributed by atoms with van der Waals surface area (Å²) in [6.07, 6.45) is 0. The van der Waals surface area contributed by atoms with Crippen LogP contribution in [-0.2, 0) is 4.79 Å². The fourth-order valence-electron chi connectivity index (χ4n) is 2.92. The molecule has 1 N–H and O–H groups in total. The van der Waals surface area contributed by atoms with Gasteiger partial charge in [-0.05, 0) is 24.3 Å². The number of rotatable bonds is 6. The Bertz CT molecular complexity index is 809. The second-order valence-corrected chi connectivity index (χ2v) is 5.78. The minimum atomic E-state index is -0.273. The first kappa shape index (κ1) is 17.6. The highest BCUT2D eigenvalue weighted by Crippen LogP contribution is 2.30. The predicted octanol–water partition coefficient (Wildman–Crippen LogP) is 2.58. The number of hydrogen-bond donors (Lipinski definition) is 1. The van der Waals surface area contributed by atoms with Crippen LogP contribution in [0.1, 0.15) is 0 Å². The number of carbonyl (C=O) groups is 2. The van der Waals surface area contributed by atoms with Crippen LogP contribution in [0, 0.1) is 0 Å². The van der Waals surface area contributed by atoms with Gasteiger partial charge in [0, 0.05) is 13.1 Å². The molecule has 0 aromatic heterocycles. The summed E-state index contributed by atoms with van der Waals surface area (Å²) < 4.78 is 10.5. The molecule has 0 spiro atoms. The summed E-state index contributed by atoms with van der Waals surface area (Å²) in [4.78, 5) is 28.2. The molecule has 3 rings (SSSR count). The Morgan fingerprint density at radius 3 is 2.38 bits per heavy atom. The average Bonchev–Trinajstić information content (AvgIpc) is 3.02. The van der Waals surface area contributed by atoms with E-state index in [1.807, 2.05) is 30.3 Å². The largest absolute Gasteiger partial charge is 0.495 e. The zero-order chi connectivity index (χ0) is 18.5. The number of carbonyl (C=O) groups excluding carboxylic acids is 2. The van der Waals surface area contributed by atoms with Gasteiger partial charge in [-0.25, -0.2) is 4.79 Å². The van der Waals surface area contributed by atoms with Crippen LogP contribution < -0.4 is 19.7 Å². The van der Waals surface area contributed by atoms with E-state index in [2.05, 4.69) is 5.32 Å². The van der Waals surface area contributed by atoms with Crippen LogP contribution >= 0.6 is 0 Å². The number of nitrogens with zero attached hydrogens (tertiary/aromatic N) is 2. The molecule has 1 aliphatic rings. The first-order chi connectivity index (χ1) is 12.6. The maximum Gasteiger partial charge on any atom is 0.325 e. The van der Waals surface area contributed by atoms with Gasteiger partial charge < -0.3 is 19.7 Å². The van der Waals surface area contributed by atoms with Gasteiger partial charge in [-0.2, -0.15) is 0 Å². The van der Waals surface area contributed by atoms with Crippen molar-refractivity contribution in [1.29, 1.82) is 0 Å². The van der Waals surface area contributed by atoms with Crippen LogP contribution in [0.2, 0.25) is 0 Å². The summed E-state index contributed by atoms with van der Waals surface area (Å²) in [6.45, 7) is 0.944. The summed E-state index contributed by atoms with van der Waals surface area (Å²) in [7, 11) is 3.11. The number of methoxy groups -OCH3 is 2. The van der Waals surface area contributed by atoms with Gasteiger partial charge in [-0.3, -0.25) is 9.69 Å². The smallest absolute Gasteiger partial charge is 0.325 e. The molecule has 7 heteroatoms. The molecule has 0 saturated carbocycles. The summed E-state index contributed by atoms with van der Waals surface area (Å²) in [6, 6.07) is 14.3. The Morgan fingerprint density at radius 1 is 1.00 bits per heavy atom. The van der Waals surface area contributed by atoms with E-state index in [1.54, 1.807) is 37.3 Å². The molecule has 1 heterocycles. The van der Waals surface area contributed by atoms with Gasteiger partial charge in [0.05, 0.1) is 25.6 Å². The van der Waals surface area contributed by atoms with Gasteiger partial charge in [0.15, 0.2) is 0 Å². The van der Waals surface area contributed by atoms with Crippen molar-refractivity contribution in [3.63, 3.8) is 0 Å². The monoisotopic (exact) mass is 355 g/mol. The van der Waals surface area contributed by atoms with Crippen molar-refractivity contribution >= 4 is 23.3 Å². The van der Waals surface area contributed by atoms with Crippen molar-refractivity contribution in [2.75, 3.05) is 44.1 Å². The third-order valence-corrected chi connectivity index (χ3v) is 4.19. The average molecular weight is 355 g/mol. The number of nitrogens with one attached hydrogen (secondary N) is 1. The second kappa shape index (κ2) is 7.77. The lowest BCUT2D eigenvalue weighted by Crippen LogP contribution is -2.37. The van der Waals surface area contributed by atoms with E-state index in [4.69, 9.17) is 9.47 Å². The number of amides is 3. The van der Waals surface area contributed by atoms with Crippen LogP contribution in [0.15, 0.2) is 48.5 Å². The van der Waals surface area contributed by atoms with Crippen LogP contribution in [0.5, 0.6) is 11.5 Å². The zero-order valence-electron chi connectivity index (χ0n) is 14.8. The molecule has 0 bridgehead atoms. The predicted molar refractivity (Wildman–Crippen MR) is 98.9 cm³/mol. The molecule has 0 atom stereocenters. The molecule has 0 radical (unpaired) electrons.